The van der Waals surface area contributed by atoms with Gasteiger partial charge in [-0.15, -0.1) is 0 Å². The molecule has 0 saturated carbocycles. The second kappa shape index (κ2) is 10.4. The van der Waals surface area contributed by atoms with Crippen LogP contribution in [-0.2, 0) is 17.8 Å². The number of rotatable bonds is 7. The number of hydrogen-bond acceptors (Lipinski definition) is 5. The zero-order valence-electron chi connectivity index (χ0n) is 18.3. The van der Waals surface area contributed by atoms with Crippen molar-refractivity contribution in [2.75, 3.05) is 7.11 Å². The molecule has 4 rings (SSSR count). The van der Waals surface area contributed by atoms with Crippen LogP contribution in [-0.4, -0.2) is 18.2 Å². The maximum atomic E-state index is 13.1. The Morgan fingerprint density at radius 2 is 1.73 bits per heavy atom. The van der Waals surface area contributed by atoms with Gasteiger partial charge in [0.15, 0.2) is 16.7 Å². The molecular formula is C26H23FN2O3S. The summed E-state index contributed by atoms with van der Waals surface area (Å²) in [5.74, 6) is 0.620. The summed E-state index contributed by atoms with van der Waals surface area (Å²) in [5.41, 5.74) is 3.68. The molecule has 0 bridgehead atoms. The van der Waals surface area contributed by atoms with Gasteiger partial charge in [-0.25, -0.2) is 9.38 Å². The summed E-state index contributed by atoms with van der Waals surface area (Å²) < 4.78 is 24.4. The van der Waals surface area contributed by atoms with Crippen molar-refractivity contribution >= 4 is 34.6 Å². The van der Waals surface area contributed by atoms with Crippen LogP contribution in [0.5, 0.6) is 11.5 Å². The van der Waals surface area contributed by atoms with Gasteiger partial charge in [-0.1, -0.05) is 37.3 Å². The second-order valence-electron chi connectivity index (χ2n) is 7.33. The molecule has 1 aliphatic heterocycles. The van der Waals surface area contributed by atoms with Crippen LogP contribution in [0.25, 0.3) is 6.08 Å². The Labute approximate surface area is 196 Å². The van der Waals surface area contributed by atoms with Crippen molar-refractivity contribution in [2.45, 2.75) is 20.0 Å². The maximum Gasteiger partial charge on any atom is 0.264 e. The van der Waals surface area contributed by atoms with Crippen molar-refractivity contribution in [1.29, 1.82) is 0 Å². The van der Waals surface area contributed by atoms with E-state index in [1.165, 1.54) is 29.5 Å². The van der Waals surface area contributed by atoms with Crippen LogP contribution >= 0.6 is 11.8 Å². The van der Waals surface area contributed by atoms with Gasteiger partial charge in [0.25, 0.3) is 5.91 Å². The minimum atomic E-state index is -0.287. The number of amidine groups is 1. The Kier molecular flexibility index (Phi) is 7.10. The summed E-state index contributed by atoms with van der Waals surface area (Å²) in [6.07, 6.45) is 2.75. The third kappa shape index (κ3) is 5.81. The van der Waals surface area contributed by atoms with E-state index < -0.39 is 0 Å². The number of carbonyl (C=O) groups excluding carboxylic acids is 1. The third-order valence-corrected chi connectivity index (χ3v) is 5.93. The first kappa shape index (κ1) is 22.6. The topological polar surface area (TPSA) is 59.9 Å². The van der Waals surface area contributed by atoms with E-state index in [9.17, 15) is 9.18 Å². The lowest BCUT2D eigenvalue weighted by atomic mass is 10.1. The summed E-state index contributed by atoms with van der Waals surface area (Å²) in [4.78, 5) is 17.5. The van der Waals surface area contributed by atoms with Gasteiger partial charge in [-0.05, 0) is 77.3 Å². The molecule has 1 fully saturated rings. The Bertz CT molecular complexity index is 1210. The number of methoxy groups -OCH3 is 1. The highest BCUT2D eigenvalue weighted by Gasteiger charge is 2.24. The Morgan fingerprint density at radius 1 is 1.00 bits per heavy atom. The Hall–Kier alpha value is -3.58. The van der Waals surface area contributed by atoms with Crippen molar-refractivity contribution in [1.82, 2.24) is 5.32 Å². The molecule has 0 aromatic heterocycles. The number of aryl methyl sites for hydroxylation is 1. The fourth-order valence-electron chi connectivity index (χ4n) is 3.19. The predicted molar refractivity (Wildman–Crippen MR) is 130 cm³/mol. The molecule has 1 aliphatic rings. The summed E-state index contributed by atoms with van der Waals surface area (Å²) in [6.45, 7) is 2.39. The number of nitrogens with zero attached hydrogens (tertiary/aromatic N) is 1. The Morgan fingerprint density at radius 3 is 2.42 bits per heavy atom. The summed E-state index contributed by atoms with van der Waals surface area (Å²) in [6, 6.07) is 19.5. The van der Waals surface area contributed by atoms with E-state index in [1.54, 1.807) is 37.5 Å². The third-order valence-electron chi connectivity index (χ3n) is 5.02. The summed E-state index contributed by atoms with van der Waals surface area (Å²) in [7, 11) is 1.56. The number of hydrogen-bond donors (Lipinski definition) is 1. The molecule has 1 amide bonds. The lowest BCUT2D eigenvalue weighted by Crippen LogP contribution is -2.19. The zero-order valence-corrected chi connectivity index (χ0v) is 19.1. The predicted octanol–water partition coefficient (Wildman–Crippen LogP) is 5.87. The van der Waals surface area contributed by atoms with Gasteiger partial charge in [0.1, 0.15) is 12.4 Å². The molecule has 5 nitrogen and oxygen atoms in total. The number of amides is 1. The fourth-order valence-corrected chi connectivity index (χ4v) is 4.03. The smallest absolute Gasteiger partial charge is 0.264 e. The van der Waals surface area contributed by atoms with Crippen molar-refractivity contribution in [2.24, 2.45) is 4.99 Å². The van der Waals surface area contributed by atoms with Crippen LogP contribution in [0.1, 0.15) is 23.6 Å². The molecule has 33 heavy (non-hydrogen) atoms. The average Bonchev–Trinajstić information content (AvgIpc) is 3.17. The van der Waals surface area contributed by atoms with E-state index in [0.29, 0.717) is 21.6 Å². The summed E-state index contributed by atoms with van der Waals surface area (Å²) in [5, 5.41) is 3.35. The van der Waals surface area contributed by atoms with E-state index in [4.69, 9.17) is 9.47 Å². The molecule has 0 atom stereocenters. The number of benzene rings is 3. The minimum absolute atomic E-state index is 0.195. The molecule has 7 heteroatoms. The van der Waals surface area contributed by atoms with Gasteiger partial charge in [0.2, 0.25) is 0 Å². The van der Waals surface area contributed by atoms with E-state index in [-0.39, 0.29) is 18.3 Å². The van der Waals surface area contributed by atoms with Crippen molar-refractivity contribution in [3.63, 3.8) is 0 Å². The van der Waals surface area contributed by atoms with Gasteiger partial charge < -0.3 is 14.8 Å². The maximum absolute atomic E-state index is 13.1. The lowest BCUT2D eigenvalue weighted by molar-refractivity contribution is -0.115. The molecule has 3 aromatic carbocycles. The number of ether oxygens (including phenoxy) is 2. The van der Waals surface area contributed by atoms with Crippen LogP contribution in [0.3, 0.4) is 0 Å². The highest BCUT2D eigenvalue weighted by atomic mass is 32.2. The van der Waals surface area contributed by atoms with Crippen molar-refractivity contribution in [3.05, 3.63) is 94.1 Å². The van der Waals surface area contributed by atoms with E-state index in [2.05, 4.69) is 17.2 Å². The van der Waals surface area contributed by atoms with Crippen LogP contribution in [0, 0.1) is 5.82 Å². The standard InChI is InChI=1S/C26H23FN2O3S/c1-3-17-6-11-21(12-7-17)28-26-29-25(30)24(33-26)15-19-8-13-22(23(14-19)31-2)32-16-18-4-9-20(27)10-5-18/h4-15H,3,16H2,1-2H3,(H,28,29,30)/b24-15-. The van der Waals surface area contributed by atoms with Gasteiger partial charge in [-0.2, -0.15) is 0 Å². The van der Waals surface area contributed by atoms with Crippen LogP contribution < -0.4 is 14.8 Å². The minimum Gasteiger partial charge on any atom is -0.493 e. The van der Waals surface area contributed by atoms with Crippen LogP contribution in [0.2, 0.25) is 0 Å². The number of halogens is 1. The molecule has 0 aliphatic carbocycles. The second-order valence-corrected chi connectivity index (χ2v) is 8.36. The van der Waals surface area contributed by atoms with E-state index in [0.717, 1.165) is 23.2 Å². The molecule has 1 N–H and O–H groups in total. The van der Waals surface area contributed by atoms with Gasteiger partial charge in [0, 0.05) is 0 Å². The quantitative estimate of drug-likeness (QED) is 0.446. The first-order valence-electron chi connectivity index (χ1n) is 10.5. The van der Waals surface area contributed by atoms with Crippen molar-refractivity contribution < 1.29 is 18.7 Å². The average molecular weight is 463 g/mol. The first-order valence-corrected chi connectivity index (χ1v) is 11.3. The fraction of sp³-hybridized carbons (Fsp3) is 0.154. The molecule has 0 spiro atoms. The van der Waals surface area contributed by atoms with Gasteiger partial charge in [0.05, 0.1) is 17.7 Å². The molecule has 0 radical (unpaired) electrons. The highest BCUT2D eigenvalue weighted by molar-refractivity contribution is 8.18. The largest absolute Gasteiger partial charge is 0.493 e. The van der Waals surface area contributed by atoms with Gasteiger partial charge in [-0.3, -0.25) is 4.79 Å². The Balaban J connectivity index is 1.46. The monoisotopic (exact) mass is 462 g/mol. The van der Waals surface area contributed by atoms with Crippen LogP contribution in [0.4, 0.5) is 10.1 Å². The van der Waals surface area contributed by atoms with Gasteiger partial charge >= 0.3 is 0 Å². The van der Waals surface area contributed by atoms with Crippen LogP contribution in [0.15, 0.2) is 76.6 Å². The molecule has 1 saturated heterocycles. The number of carbonyl (C=O) groups is 1. The molecular weight excluding hydrogens is 439 g/mol. The first-order chi connectivity index (χ1) is 16.0. The lowest BCUT2D eigenvalue weighted by Gasteiger charge is -2.11. The molecule has 0 unspecified atom stereocenters. The van der Waals surface area contributed by atoms with E-state index in [1.807, 2.05) is 30.3 Å². The normalized spacial score (nSPS) is 15.7. The molecule has 3 aromatic rings. The highest BCUT2D eigenvalue weighted by Crippen LogP contribution is 2.32. The SMILES string of the molecule is CCc1ccc(N=C2NC(=O)/C(=C/c3ccc(OCc4ccc(F)cc4)c(OC)c3)S2)cc1. The number of thioether (sulfide) groups is 1. The van der Waals surface area contributed by atoms with E-state index >= 15 is 0 Å². The zero-order chi connectivity index (χ0) is 23.2. The molecule has 1 heterocycles. The van der Waals surface area contributed by atoms with Crippen molar-refractivity contribution in [3.8, 4) is 11.5 Å². The number of aliphatic imine (C=N–C) groups is 1. The molecule has 168 valence electrons. The summed E-state index contributed by atoms with van der Waals surface area (Å²) >= 11 is 1.29. The number of nitrogens with one attached hydrogen (secondary N) is 1.